The first-order chi connectivity index (χ1) is 7.75. The summed E-state index contributed by atoms with van der Waals surface area (Å²) in [5, 5.41) is 3.37. The number of rotatable bonds is 3. The van der Waals surface area contributed by atoms with Crippen molar-refractivity contribution in [1.29, 1.82) is 0 Å². The summed E-state index contributed by atoms with van der Waals surface area (Å²) in [7, 11) is 0. The van der Waals surface area contributed by atoms with Gasteiger partial charge in [-0.1, -0.05) is 23.8 Å². The third-order valence-electron chi connectivity index (χ3n) is 3.23. The molecule has 1 aliphatic heterocycles. The van der Waals surface area contributed by atoms with Gasteiger partial charge in [-0.25, -0.2) is 0 Å². The molecule has 1 aromatic rings. The van der Waals surface area contributed by atoms with Crippen molar-refractivity contribution in [2.75, 3.05) is 13.1 Å². The highest BCUT2D eigenvalue weighted by Gasteiger charge is 2.13. The molecule has 1 saturated heterocycles. The second-order valence-electron chi connectivity index (χ2n) is 4.71. The van der Waals surface area contributed by atoms with E-state index < -0.39 is 0 Å². The molecule has 0 aliphatic carbocycles. The van der Waals surface area contributed by atoms with Gasteiger partial charge in [-0.15, -0.1) is 0 Å². The normalized spacial score (nSPS) is 21.0. The Morgan fingerprint density at radius 1 is 1.38 bits per heavy atom. The standard InChI is InChI=1S/C14H21NO/c1-11-5-6-12(2)13(8-11)10-16-14-4-3-7-15-9-14/h5-6,8,14-15H,3-4,7,9-10H2,1-2H3. The zero-order chi connectivity index (χ0) is 11.4. The largest absolute Gasteiger partial charge is 0.372 e. The minimum Gasteiger partial charge on any atom is -0.372 e. The van der Waals surface area contributed by atoms with Crippen LogP contribution in [0.3, 0.4) is 0 Å². The zero-order valence-corrected chi connectivity index (χ0v) is 10.3. The van der Waals surface area contributed by atoms with E-state index >= 15 is 0 Å². The summed E-state index contributed by atoms with van der Waals surface area (Å²) >= 11 is 0. The monoisotopic (exact) mass is 219 g/mol. The van der Waals surface area contributed by atoms with E-state index in [1.807, 2.05) is 0 Å². The molecule has 1 fully saturated rings. The topological polar surface area (TPSA) is 21.3 Å². The lowest BCUT2D eigenvalue weighted by Crippen LogP contribution is -2.35. The summed E-state index contributed by atoms with van der Waals surface area (Å²) in [6.07, 6.45) is 2.82. The van der Waals surface area contributed by atoms with E-state index in [4.69, 9.17) is 4.74 Å². The summed E-state index contributed by atoms with van der Waals surface area (Å²) in [5.41, 5.74) is 3.96. The van der Waals surface area contributed by atoms with Crippen LogP contribution in [0.4, 0.5) is 0 Å². The maximum atomic E-state index is 5.94. The molecule has 1 atom stereocenters. The van der Waals surface area contributed by atoms with E-state index in [9.17, 15) is 0 Å². The van der Waals surface area contributed by atoms with Crippen molar-refractivity contribution >= 4 is 0 Å². The number of aryl methyl sites for hydroxylation is 2. The molecule has 2 nitrogen and oxygen atoms in total. The lowest BCUT2D eigenvalue weighted by Gasteiger charge is -2.23. The van der Waals surface area contributed by atoms with Gasteiger partial charge in [0.1, 0.15) is 0 Å². The molecule has 0 bridgehead atoms. The molecule has 1 aliphatic rings. The van der Waals surface area contributed by atoms with Crippen LogP contribution in [0.2, 0.25) is 0 Å². The van der Waals surface area contributed by atoms with E-state index in [2.05, 4.69) is 37.4 Å². The van der Waals surface area contributed by atoms with Crippen LogP contribution in [0, 0.1) is 13.8 Å². The van der Waals surface area contributed by atoms with E-state index in [1.54, 1.807) is 0 Å². The van der Waals surface area contributed by atoms with Crippen molar-refractivity contribution < 1.29 is 4.74 Å². The molecule has 2 heteroatoms. The lowest BCUT2D eigenvalue weighted by atomic mass is 10.1. The molecule has 0 spiro atoms. The number of nitrogens with one attached hydrogen (secondary N) is 1. The van der Waals surface area contributed by atoms with Gasteiger partial charge in [0, 0.05) is 6.54 Å². The summed E-state index contributed by atoms with van der Waals surface area (Å²) in [6.45, 7) is 7.18. The number of hydrogen-bond donors (Lipinski definition) is 1. The van der Waals surface area contributed by atoms with Crippen LogP contribution in [0.15, 0.2) is 18.2 Å². The van der Waals surface area contributed by atoms with Gasteiger partial charge in [-0.3, -0.25) is 0 Å². The third kappa shape index (κ3) is 3.06. The summed E-state index contributed by atoms with van der Waals surface area (Å²) < 4.78 is 5.94. The first-order valence-electron chi connectivity index (χ1n) is 6.14. The van der Waals surface area contributed by atoms with Crippen molar-refractivity contribution in [2.24, 2.45) is 0 Å². The van der Waals surface area contributed by atoms with Crippen LogP contribution in [-0.2, 0) is 11.3 Å². The van der Waals surface area contributed by atoms with Gasteiger partial charge < -0.3 is 10.1 Å². The second-order valence-corrected chi connectivity index (χ2v) is 4.71. The van der Waals surface area contributed by atoms with Gasteiger partial charge in [0.2, 0.25) is 0 Å². The Balaban J connectivity index is 1.90. The maximum Gasteiger partial charge on any atom is 0.0723 e. The molecule has 1 heterocycles. The average Bonchev–Trinajstić information content (AvgIpc) is 2.32. The second kappa shape index (κ2) is 5.46. The van der Waals surface area contributed by atoms with Gasteiger partial charge in [0.05, 0.1) is 12.7 Å². The van der Waals surface area contributed by atoms with Crippen LogP contribution in [-0.4, -0.2) is 19.2 Å². The molecule has 0 radical (unpaired) electrons. The minimum atomic E-state index is 0.397. The van der Waals surface area contributed by atoms with Gasteiger partial charge >= 0.3 is 0 Å². The number of benzene rings is 1. The molecular formula is C14H21NO. The van der Waals surface area contributed by atoms with Crippen LogP contribution >= 0.6 is 0 Å². The predicted octanol–water partition coefficient (Wildman–Crippen LogP) is 2.57. The van der Waals surface area contributed by atoms with Gasteiger partial charge in [-0.05, 0) is 44.4 Å². The molecule has 0 aromatic heterocycles. The highest BCUT2D eigenvalue weighted by Crippen LogP contribution is 2.14. The van der Waals surface area contributed by atoms with Gasteiger partial charge in [-0.2, -0.15) is 0 Å². The number of ether oxygens (including phenoxy) is 1. The molecule has 0 amide bonds. The van der Waals surface area contributed by atoms with Crippen molar-refractivity contribution in [1.82, 2.24) is 5.32 Å². The van der Waals surface area contributed by atoms with Gasteiger partial charge in [0.15, 0.2) is 0 Å². The lowest BCUT2D eigenvalue weighted by molar-refractivity contribution is 0.0250. The summed E-state index contributed by atoms with van der Waals surface area (Å²) in [6, 6.07) is 6.56. The van der Waals surface area contributed by atoms with Crippen molar-refractivity contribution in [3.8, 4) is 0 Å². The fourth-order valence-corrected chi connectivity index (χ4v) is 2.13. The predicted molar refractivity (Wildman–Crippen MR) is 66.6 cm³/mol. The zero-order valence-electron chi connectivity index (χ0n) is 10.3. The average molecular weight is 219 g/mol. The summed E-state index contributed by atoms with van der Waals surface area (Å²) in [5.74, 6) is 0. The fraction of sp³-hybridized carbons (Fsp3) is 0.571. The number of piperidine rings is 1. The molecule has 0 saturated carbocycles. The Bertz CT molecular complexity index is 343. The highest BCUT2D eigenvalue weighted by atomic mass is 16.5. The Labute approximate surface area is 98.0 Å². The quantitative estimate of drug-likeness (QED) is 0.843. The molecule has 16 heavy (non-hydrogen) atoms. The minimum absolute atomic E-state index is 0.397. The van der Waals surface area contributed by atoms with Gasteiger partial charge in [0.25, 0.3) is 0 Å². The van der Waals surface area contributed by atoms with E-state index in [0.717, 1.165) is 19.7 Å². The fourth-order valence-electron chi connectivity index (χ4n) is 2.13. The molecular weight excluding hydrogens is 198 g/mol. The first-order valence-corrected chi connectivity index (χ1v) is 6.14. The Kier molecular flexibility index (Phi) is 3.97. The smallest absolute Gasteiger partial charge is 0.0723 e. The highest BCUT2D eigenvalue weighted by molar-refractivity contribution is 5.29. The van der Waals surface area contributed by atoms with Crippen LogP contribution in [0.1, 0.15) is 29.5 Å². The number of hydrogen-bond acceptors (Lipinski definition) is 2. The van der Waals surface area contributed by atoms with Crippen molar-refractivity contribution in [3.05, 3.63) is 34.9 Å². The molecule has 1 N–H and O–H groups in total. The first kappa shape index (κ1) is 11.6. The Hall–Kier alpha value is -0.860. The SMILES string of the molecule is Cc1ccc(C)c(COC2CCCNC2)c1. The van der Waals surface area contributed by atoms with Crippen molar-refractivity contribution in [2.45, 2.75) is 39.4 Å². The van der Waals surface area contributed by atoms with Crippen LogP contribution in [0.5, 0.6) is 0 Å². The van der Waals surface area contributed by atoms with E-state index in [0.29, 0.717) is 6.10 Å². The molecule has 1 aromatic carbocycles. The molecule has 1 unspecified atom stereocenters. The van der Waals surface area contributed by atoms with Crippen molar-refractivity contribution in [3.63, 3.8) is 0 Å². The molecule has 88 valence electrons. The Morgan fingerprint density at radius 3 is 3.00 bits per heavy atom. The Morgan fingerprint density at radius 2 is 2.25 bits per heavy atom. The summed E-state index contributed by atoms with van der Waals surface area (Å²) in [4.78, 5) is 0. The van der Waals surface area contributed by atoms with Crippen LogP contribution in [0.25, 0.3) is 0 Å². The van der Waals surface area contributed by atoms with E-state index in [1.165, 1.54) is 29.5 Å². The van der Waals surface area contributed by atoms with Crippen LogP contribution < -0.4 is 5.32 Å². The molecule has 2 rings (SSSR count). The third-order valence-corrected chi connectivity index (χ3v) is 3.23. The maximum absolute atomic E-state index is 5.94. The van der Waals surface area contributed by atoms with E-state index in [-0.39, 0.29) is 0 Å².